The molecule has 5 aromatic rings. The van der Waals surface area contributed by atoms with E-state index in [-0.39, 0.29) is 0 Å². The number of para-hydroxylation sites is 2. The average Bonchev–Trinajstić information content (AvgIpc) is 2.99. The first-order valence-corrected chi connectivity index (χ1v) is 19.2. The second-order valence-corrected chi connectivity index (χ2v) is 23.1. The van der Waals surface area contributed by atoms with E-state index in [0.717, 1.165) is 5.69 Å². The number of pyridine rings is 2. The Morgan fingerprint density at radius 3 is 2.12 bits per heavy atom. The van der Waals surface area contributed by atoms with Crippen molar-refractivity contribution >= 4 is 54.6 Å². The minimum Gasteiger partial charge on any atom is -0.252 e. The number of hydrogen-bond acceptors (Lipinski definition) is 1. The molecule has 170 valence electrons. The second kappa shape index (κ2) is 7.24. The summed E-state index contributed by atoms with van der Waals surface area (Å²) in [6, 6.07) is 18.0. The molecule has 0 aliphatic rings. The van der Waals surface area contributed by atoms with Crippen LogP contribution in [-0.4, -0.2) is 25.5 Å². The Balaban J connectivity index is 2.15. The van der Waals surface area contributed by atoms with Crippen LogP contribution in [-0.2, 0) is 7.05 Å². The first-order valence-electron chi connectivity index (χ1n) is 12.0. The lowest BCUT2D eigenvalue weighted by Crippen LogP contribution is -2.46. The molecular formula is C28H36N3Si2+. The highest BCUT2D eigenvalue weighted by Gasteiger charge is 2.40. The first-order chi connectivity index (χ1) is 15.4. The number of imidazole rings is 1. The van der Waals surface area contributed by atoms with Crippen LogP contribution in [0, 0.1) is 13.8 Å². The third kappa shape index (κ3) is 3.28. The molecule has 0 spiro atoms. The molecule has 2 aromatic carbocycles. The smallest absolute Gasteiger partial charge is 0.252 e. The minimum atomic E-state index is -1.49. The van der Waals surface area contributed by atoms with E-state index in [9.17, 15) is 0 Å². The van der Waals surface area contributed by atoms with E-state index in [2.05, 4.69) is 118 Å². The summed E-state index contributed by atoms with van der Waals surface area (Å²) in [6.45, 7) is 19.7. The summed E-state index contributed by atoms with van der Waals surface area (Å²) in [6.07, 6.45) is 0. The number of nitrogens with zero attached hydrogens (tertiary/aromatic N) is 3. The van der Waals surface area contributed by atoms with E-state index in [4.69, 9.17) is 4.98 Å². The lowest BCUT2D eigenvalue weighted by Gasteiger charge is -2.39. The molecule has 0 saturated heterocycles. The fourth-order valence-corrected chi connectivity index (χ4v) is 19.4. The Bertz CT molecular complexity index is 1550. The molecule has 0 atom stereocenters. The molecule has 5 rings (SSSR count). The topological polar surface area (TPSA) is 21.2 Å². The van der Waals surface area contributed by atoms with Gasteiger partial charge in [0.05, 0.1) is 23.3 Å². The Morgan fingerprint density at radius 2 is 1.45 bits per heavy atom. The standard InChI is InChI=1S/C28H36N3Si2/c1-18-17-19(2)29-26-24(18)27-30(3)21-14-10-11-15-22(21)31(27)23-16-12-13-20(25(23)26)28(32(4,5)6)33(7,8)9/h10-17,28H,1-9H3/q+1. The van der Waals surface area contributed by atoms with Gasteiger partial charge in [-0.15, -0.1) is 0 Å². The van der Waals surface area contributed by atoms with Crippen molar-refractivity contribution in [3.63, 3.8) is 0 Å². The van der Waals surface area contributed by atoms with Gasteiger partial charge in [-0.1, -0.05) is 63.5 Å². The van der Waals surface area contributed by atoms with Gasteiger partial charge < -0.3 is 0 Å². The predicted molar refractivity (Wildman–Crippen MR) is 148 cm³/mol. The zero-order valence-electron chi connectivity index (χ0n) is 21.5. The highest BCUT2D eigenvalue weighted by atomic mass is 28.4. The summed E-state index contributed by atoms with van der Waals surface area (Å²) < 4.78 is 4.84. The molecule has 0 aliphatic carbocycles. The third-order valence-electron chi connectivity index (χ3n) is 7.18. The van der Waals surface area contributed by atoms with Crippen molar-refractivity contribution in [3.8, 4) is 0 Å². The van der Waals surface area contributed by atoms with Gasteiger partial charge in [0.25, 0.3) is 5.65 Å². The van der Waals surface area contributed by atoms with Crippen molar-refractivity contribution in [2.75, 3.05) is 0 Å². The van der Waals surface area contributed by atoms with Gasteiger partial charge in [0, 0.05) is 21.8 Å². The molecule has 0 saturated carbocycles. The summed E-state index contributed by atoms with van der Waals surface area (Å²) in [4.78, 5) is 5.24. The Morgan fingerprint density at radius 1 is 0.818 bits per heavy atom. The number of rotatable bonds is 3. The molecule has 3 heterocycles. The van der Waals surface area contributed by atoms with Crippen molar-refractivity contribution < 1.29 is 4.57 Å². The molecule has 5 heteroatoms. The molecular weight excluding hydrogens is 435 g/mol. The van der Waals surface area contributed by atoms with Gasteiger partial charge in [-0.25, -0.2) is 4.57 Å². The average molecular weight is 471 g/mol. The molecule has 0 amide bonds. The monoisotopic (exact) mass is 470 g/mol. The largest absolute Gasteiger partial charge is 0.297 e. The van der Waals surface area contributed by atoms with Crippen LogP contribution in [0.15, 0.2) is 48.5 Å². The lowest BCUT2D eigenvalue weighted by atomic mass is 10.0. The van der Waals surface area contributed by atoms with Crippen LogP contribution in [0.25, 0.3) is 38.5 Å². The molecule has 0 N–H and O–H groups in total. The molecule has 0 bridgehead atoms. The summed E-state index contributed by atoms with van der Waals surface area (Å²) >= 11 is 0. The molecule has 0 unspecified atom stereocenters. The molecule has 0 aliphatic heterocycles. The van der Waals surface area contributed by atoms with Crippen LogP contribution in [0.2, 0.25) is 39.3 Å². The molecule has 0 radical (unpaired) electrons. The molecule has 33 heavy (non-hydrogen) atoms. The lowest BCUT2D eigenvalue weighted by molar-refractivity contribution is -0.617. The van der Waals surface area contributed by atoms with Crippen LogP contribution in [0.5, 0.6) is 0 Å². The zero-order chi connectivity index (χ0) is 23.9. The minimum absolute atomic E-state index is 0.646. The van der Waals surface area contributed by atoms with Gasteiger partial charge >= 0.3 is 0 Å². The Kier molecular flexibility index (Phi) is 4.89. The number of aryl methyl sites for hydroxylation is 3. The highest BCUT2D eigenvalue weighted by Crippen LogP contribution is 2.42. The van der Waals surface area contributed by atoms with Crippen LogP contribution < -0.4 is 4.57 Å². The number of hydrogen-bond donors (Lipinski definition) is 0. The predicted octanol–water partition coefficient (Wildman–Crippen LogP) is 7.07. The number of aromatic nitrogens is 3. The normalized spacial score (nSPS) is 13.3. The van der Waals surface area contributed by atoms with Gasteiger partial charge in [-0.3, -0.25) is 4.98 Å². The van der Waals surface area contributed by atoms with Crippen LogP contribution in [0.3, 0.4) is 0 Å². The molecule has 3 nitrogen and oxygen atoms in total. The maximum Gasteiger partial charge on any atom is 0.297 e. The fourth-order valence-electron chi connectivity index (χ4n) is 6.61. The summed E-state index contributed by atoms with van der Waals surface area (Å²) in [5.41, 5.74) is 10.1. The van der Waals surface area contributed by atoms with E-state index in [1.807, 2.05) is 0 Å². The van der Waals surface area contributed by atoms with Crippen molar-refractivity contribution in [2.45, 2.75) is 58.3 Å². The van der Waals surface area contributed by atoms with Crippen molar-refractivity contribution in [3.05, 3.63) is 65.4 Å². The number of fused-ring (bicyclic) bond motifs is 8. The SMILES string of the molecule is Cc1cc(C)c2c(n1)c1c(C([Si](C)(C)C)[Si](C)(C)C)cccc1n1c3ccccc3[n+](C)c21. The van der Waals surface area contributed by atoms with Gasteiger partial charge in [0.15, 0.2) is 11.0 Å². The second-order valence-electron chi connectivity index (χ2n) is 11.9. The summed E-state index contributed by atoms with van der Waals surface area (Å²) in [5, 5.41) is 3.29. The molecule has 0 fully saturated rings. The highest BCUT2D eigenvalue weighted by molar-refractivity contribution is 6.96. The van der Waals surface area contributed by atoms with Crippen molar-refractivity contribution in [1.82, 2.24) is 9.38 Å². The zero-order valence-corrected chi connectivity index (χ0v) is 23.5. The van der Waals surface area contributed by atoms with Gasteiger partial charge in [0.2, 0.25) is 0 Å². The quantitative estimate of drug-likeness (QED) is 0.157. The Hall–Kier alpha value is -2.51. The first kappa shape index (κ1) is 22.3. The maximum atomic E-state index is 5.24. The van der Waals surface area contributed by atoms with E-state index < -0.39 is 16.1 Å². The van der Waals surface area contributed by atoms with E-state index in [1.54, 1.807) is 0 Å². The van der Waals surface area contributed by atoms with Crippen LogP contribution >= 0.6 is 0 Å². The molecule has 3 aromatic heterocycles. The van der Waals surface area contributed by atoms with Gasteiger partial charge in [-0.05, 0) is 54.4 Å². The van der Waals surface area contributed by atoms with Gasteiger partial charge in [-0.2, -0.15) is 4.40 Å². The summed E-state index contributed by atoms with van der Waals surface area (Å²) in [5.74, 6) is 0. The van der Waals surface area contributed by atoms with E-state index in [1.165, 1.54) is 49.6 Å². The third-order valence-corrected chi connectivity index (χ3v) is 16.5. The Labute approximate surface area is 199 Å². The maximum absolute atomic E-state index is 5.24. The van der Waals surface area contributed by atoms with Crippen molar-refractivity contribution in [2.24, 2.45) is 7.05 Å². The fraction of sp³-hybridized carbons (Fsp3) is 0.357. The summed E-state index contributed by atoms with van der Waals surface area (Å²) in [7, 11) is -0.789. The van der Waals surface area contributed by atoms with E-state index in [0.29, 0.717) is 5.16 Å². The van der Waals surface area contributed by atoms with E-state index >= 15 is 0 Å². The van der Waals surface area contributed by atoms with Crippen LogP contribution in [0.4, 0.5) is 0 Å². The van der Waals surface area contributed by atoms with Gasteiger partial charge in [0.1, 0.15) is 5.52 Å². The van der Waals surface area contributed by atoms with Crippen molar-refractivity contribution in [1.29, 1.82) is 0 Å². The van der Waals surface area contributed by atoms with Crippen LogP contribution in [0.1, 0.15) is 22.0 Å². The number of benzene rings is 2.